The zero-order valence-corrected chi connectivity index (χ0v) is 10.0. The zero-order chi connectivity index (χ0) is 12.3. The second-order valence-corrected chi connectivity index (χ2v) is 5.31. The van der Waals surface area contributed by atoms with Crippen LogP contribution in [0.5, 0.6) is 0 Å². The van der Waals surface area contributed by atoms with E-state index in [9.17, 15) is 8.42 Å². The minimum atomic E-state index is -3.53. The molecule has 0 radical (unpaired) electrons. The molecule has 0 saturated carbocycles. The van der Waals surface area contributed by atoms with E-state index < -0.39 is 10.0 Å². The van der Waals surface area contributed by atoms with Gasteiger partial charge in [0.05, 0.1) is 5.75 Å². The first kappa shape index (κ1) is 12.9. The van der Waals surface area contributed by atoms with Crippen LogP contribution in [0.15, 0.2) is 18.7 Å². The Kier molecular flexibility index (Phi) is 3.85. The Bertz CT molecular complexity index is 507. The van der Waals surface area contributed by atoms with E-state index >= 15 is 0 Å². The molecule has 4 N–H and O–H groups in total. The van der Waals surface area contributed by atoms with Gasteiger partial charge in [-0.2, -0.15) is 0 Å². The van der Waals surface area contributed by atoms with Crippen LogP contribution in [0.1, 0.15) is 22.3 Å². The lowest BCUT2D eigenvalue weighted by molar-refractivity contribution is 0.597. The highest BCUT2D eigenvalue weighted by molar-refractivity contribution is 7.88. The molecule has 1 rings (SSSR count). The molecule has 1 aromatic carbocycles. The van der Waals surface area contributed by atoms with E-state index in [1.165, 1.54) is 0 Å². The van der Waals surface area contributed by atoms with Crippen LogP contribution in [-0.2, 0) is 22.3 Å². The molecule has 88 valence electrons. The van der Waals surface area contributed by atoms with E-state index in [1.54, 1.807) is 6.08 Å². The van der Waals surface area contributed by atoms with E-state index in [0.29, 0.717) is 12.1 Å². The minimum Gasteiger partial charge on any atom is -0.326 e. The smallest absolute Gasteiger partial charge is 0.213 e. The number of sulfonamides is 1. The molecule has 0 amide bonds. The zero-order valence-electron chi connectivity index (χ0n) is 9.23. The van der Waals surface area contributed by atoms with Crippen LogP contribution in [0.2, 0.25) is 0 Å². The van der Waals surface area contributed by atoms with Gasteiger partial charge in [0.15, 0.2) is 0 Å². The molecule has 0 saturated heterocycles. The number of rotatable bonds is 4. The highest BCUT2D eigenvalue weighted by atomic mass is 32.2. The maximum atomic E-state index is 11.1. The van der Waals surface area contributed by atoms with Crippen LogP contribution in [0.4, 0.5) is 0 Å². The van der Waals surface area contributed by atoms with Crippen molar-refractivity contribution in [3.63, 3.8) is 0 Å². The Morgan fingerprint density at radius 2 is 2.06 bits per heavy atom. The Morgan fingerprint density at radius 3 is 2.50 bits per heavy atom. The van der Waals surface area contributed by atoms with E-state index in [2.05, 4.69) is 6.58 Å². The van der Waals surface area contributed by atoms with Crippen LogP contribution in [0.25, 0.3) is 6.08 Å². The molecule has 5 heteroatoms. The van der Waals surface area contributed by atoms with Crippen LogP contribution < -0.4 is 10.9 Å². The Morgan fingerprint density at radius 1 is 1.44 bits per heavy atom. The fourth-order valence-electron chi connectivity index (χ4n) is 1.62. The van der Waals surface area contributed by atoms with Gasteiger partial charge in [0.1, 0.15) is 0 Å². The van der Waals surface area contributed by atoms with Gasteiger partial charge >= 0.3 is 0 Å². The Labute approximate surface area is 96.0 Å². The summed E-state index contributed by atoms with van der Waals surface area (Å²) in [5.41, 5.74) is 8.82. The number of hydrogen-bond donors (Lipinski definition) is 2. The SMILES string of the molecule is C=Cc1cc(CN)cc(C)c1CS(N)(=O)=O. The first-order valence-corrected chi connectivity index (χ1v) is 6.54. The molecule has 0 aliphatic rings. The second kappa shape index (κ2) is 4.78. The van der Waals surface area contributed by atoms with Crippen molar-refractivity contribution in [2.75, 3.05) is 0 Å². The van der Waals surface area contributed by atoms with Gasteiger partial charge in [0.25, 0.3) is 0 Å². The van der Waals surface area contributed by atoms with E-state index in [0.717, 1.165) is 16.7 Å². The molecule has 1 aromatic rings. The molecule has 0 bridgehead atoms. The van der Waals surface area contributed by atoms with Crippen molar-refractivity contribution in [2.45, 2.75) is 19.2 Å². The summed E-state index contributed by atoms with van der Waals surface area (Å²) in [5, 5.41) is 5.04. The van der Waals surface area contributed by atoms with Gasteiger partial charge in [0, 0.05) is 6.54 Å². The second-order valence-electron chi connectivity index (χ2n) is 3.70. The van der Waals surface area contributed by atoms with Gasteiger partial charge in [-0.3, -0.25) is 0 Å². The van der Waals surface area contributed by atoms with Gasteiger partial charge in [-0.25, -0.2) is 13.6 Å². The normalized spacial score (nSPS) is 11.4. The molecule has 0 heterocycles. The van der Waals surface area contributed by atoms with E-state index in [1.807, 2.05) is 19.1 Å². The minimum absolute atomic E-state index is 0.176. The third-order valence-electron chi connectivity index (χ3n) is 2.37. The Hall–Kier alpha value is -1.17. The maximum absolute atomic E-state index is 11.1. The lowest BCUT2D eigenvalue weighted by Gasteiger charge is -2.11. The van der Waals surface area contributed by atoms with E-state index in [4.69, 9.17) is 10.9 Å². The molecule has 0 aliphatic carbocycles. The van der Waals surface area contributed by atoms with Crippen molar-refractivity contribution >= 4 is 16.1 Å². The predicted molar refractivity (Wildman–Crippen MR) is 66.0 cm³/mol. The summed E-state index contributed by atoms with van der Waals surface area (Å²) in [6.07, 6.45) is 1.62. The number of primary sulfonamides is 1. The fraction of sp³-hybridized carbons (Fsp3) is 0.273. The van der Waals surface area contributed by atoms with Crippen molar-refractivity contribution in [3.8, 4) is 0 Å². The topological polar surface area (TPSA) is 86.2 Å². The van der Waals surface area contributed by atoms with Crippen molar-refractivity contribution in [2.24, 2.45) is 10.9 Å². The number of aryl methyl sites for hydroxylation is 1. The lowest BCUT2D eigenvalue weighted by Crippen LogP contribution is -2.16. The quantitative estimate of drug-likeness (QED) is 0.819. The highest BCUT2D eigenvalue weighted by Crippen LogP contribution is 2.20. The van der Waals surface area contributed by atoms with Crippen molar-refractivity contribution < 1.29 is 8.42 Å². The molecule has 0 fully saturated rings. The predicted octanol–water partition coefficient (Wildman–Crippen LogP) is 0.885. The summed E-state index contributed by atoms with van der Waals surface area (Å²) in [5.74, 6) is -0.176. The highest BCUT2D eigenvalue weighted by Gasteiger charge is 2.12. The standard InChI is InChI=1S/C11H16N2O2S/c1-3-10-5-9(6-12)4-8(2)11(10)7-16(13,14)15/h3-5H,1,6-7,12H2,2H3,(H2,13,14,15). The van der Waals surface area contributed by atoms with Crippen molar-refractivity contribution in [1.29, 1.82) is 0 Å². The van der Waals surface area contributed by atoms with Crippen LogP contribution in [0.3, 0.4) is 0 Å². The molecule has 0 unspecified atom stereocenters. The largest absolute Gasteiger partial charge is 0.326 e. The van der Waals surface area contributed by atoms with Crippen molar-refractivity contribution in [3.05, 3.63) is 41.0 Å². The molecular weight excluding hydrogens is 224 g/mol. The van der Waals surface area contributed by atoms with Gasteiger partial charge in [0.2, 0.25) is 10.0 Å². The van der Waals surface area contributed by atoms with Gasteiger partial charge < -0.3 is 5.73 Å². The van der Waals surface area contributed by atoms with Crippen LogP contribution >= 0.6 is 0 Å². The molecule has 0 aliphatic heterocycles. The van der Waals surface area contributed by atoms with Crippen molar-refractivity contribution in [1.82, 2.24) is 0 Å². The molecule has 0 spiro atoms. The summed E-state index contributed by atoms with van der Waals surface area (Å²) in [6.45, 7) is 5.92. The van der Waals surface area contributed by atoms with E-state index in [-0.39, 0.29) is 5.75 Å². The molecular formula is C11H16N2O2S. The molecule has 0 aromatic heterocycles. The summed E-state index contributed by atoms with van der Waals surface area (Å²) < 4.78 is 22.2. The molecule has 0 atom stereocenters. The number of benzene rings is 1. The Balaban J connectivity index is 3.32. The average molecular weight is 240 g/mol. The summed E-state index contributed by atoms with van der Waals surface area (Å²) in [7, 11) is -3.53. The van der Waals surface area contributed by atoms with Gasteiger partial charge in [-0.05, 0) is 29.2 Å². The summed E-state index contributed by atoms with van der Waals surface area (Å²) >= 11 is 0. The molecule has 16 heavy (non-hydrogen) atoms. The van der Waals surface area contributed by atoms with Crippen LogP contribution in [0, 0.1) is 6.92 Å². The third kappa shape index (κ3) is 3.16. The molecule has 4 nitrogen and oxygen atoms in total. The average Bonchev–Trinajstić information content (AvgIpc) is 2.19. The monoisotopic (exact) mass is 240 g/mol. The van der Waals surface area contributed by atoms with Gasteiger partial charge in [-0.1, -0.05) is 24.8 Å². The first-order valence-electron chi connectivity index (χ1n) is 4.82. The third-order valence-corrected chi connectivity index (χ3v) is 3.06. The first-order chi connectivity index (χ1) is 7.37. The van der Waals surface area contributed by atoms with Crippen LogP contribution in [-0.4, -0.2) is 8.42 Å². The maximum Gasteiger partial charge on any atom is 0.213 e. The fourth-order valence-corrected chi connectivity index (χ4v) is 2.42. The number of nitrogens with two attached hydrogens (primary N) is 2. The summed E-state index contributed by atoms with van der Waals surface area (Å²) in [6, 6.07) is 3.70. The van der Waals surface area contributed by atoms with Gasteiger partial charge in [-0.15, -0.1) is 0 Å². The lowest BCUT2D eigenvalue weighted by atomic mass is 9.99. The number of hydrogen-bond acceptors (Lipinski definition) is 3. The summed E-state index contributed by atoms with van der Waals surface area (Å²) in [4.78, 5) is 0.